The van der Waals surface area contributed by atoms with Crippen molar-refractivity contribution in [3.8, 4) is 0 Å². The van der Waals surface area contributed by atoms with E-state index in [0.29, 0.717) is 6.67 Å². The van der Waals surface area contributed by atoms with Gasteiger partial charge in [0.25, 0.3) is 0 Å². The van der Waals surface area contributed by atoms with Crippen molar-refractivity contribution in [2.24, 2.45) is 0 Å². The molecular weight excluding hydrogens is 142 g/mol. The second kappa shape index (κ2) is 3.57. The molecule has 1 aliphatic rings. The summed E-state index contributed by atoms with van der Waals surface area (Å²) < 4.78 is 0. The molecule has 1 heterocycles. The highest BCUT2D eigenvalue weighted by atomic mass is 16.2. The maximum atomic E-state index is 11.2. The van der Waals surface area contributed by atoms with Gasteiger partial charge >= 0.3 is 6.03 Å². The summed E-state index contributed by atoms with van der Waals surface area (Å²) in [4.78, 5) is 13.0. The maximum Gasteiger partial charge on any atom is 0.318 e. The van der Waals surface area contributed by atoms with Crippen LogP contribution in [0.1, 0.15) is 13.8 Å². The Morgan fingerprint density at radius 3 is 2.82 bits per heavy atom. The molecule has 1 aliphatic heterocycles. The largest absolute Gasteiger partial charge is 0.336 e. The zero-order valence-electron chi connectivity index (χ0n) is 7.05. The molecule has 0 aromatic heterocycles. The van der Waals surface area contributed by atoms with Crippen LogP contribution in [-0.4, -0.2) is 36.7 Å². The summed E-state index contributed by atoms with van der Waals surface area (Å²) in [7, 11) is 0. The number of amides is 2. The van der Waals surface area contributed by atoms with E-state index in [4.69, 9.17) is 0 Å². The fourth-order valence-electron chi connectivity index (χ4n) is 1.02. The predicted molar refractivity (Wildman–Crippen MR) is 43.2 cm³/mol. The lowest BCUT2D eigenvalue weighted by atomic mass is 10.4. The molecule has 0 aromatic carbocycles. The molecule has 4 heteroatoms. The van der Waals surface area contributed by atoms with E-state index in [1.165, 1.54) is 0 Å². The van der Waals surface area contributed by atoms with Gasteiger partial charge in [0.05, 0.1) is 6.67 Å². The standard InChI is InChI=1S/C7H15N3O/c1-6(2)9-7(11)10-4-3-8-5-10/h6,8H,3-5H2,1-2H3,(H,9,11). The van der Waals surface area contributed by atoms with Gasteiger partial charge in [-0.1, -0.05) is 0 Å². The summed E-state index contributed by atoms with van der Waals surface area (Å²) in [6.45, 7) is 6.32. The van der Waals surface area contributed by atoms with Crippen LogP contribution in [0, 0.1) is 0 Å². The number of carbonyl (C=O) groups excluding carboxylic acids is 1. The molecule has 64 valence electrons. The van der Waals surface area contributed by atoms with Crippen molar-refractivity contribution in [1.29, 1.82) is 0 Å². The maximum absolute atomic E-state index is 11.2. The Hall–Kier alpha value is -0.770. The first-order chi connectivity index (χ1) is 5.20. The van der Waals surface area contributed by atoms with Gasteiger partial charge in [-0.3, -0.25) is 5.32 Å². The molecule has 11 heavy (non-hydrogen) atoms. The van der Waals surface area contributed by atoms with E-state index in [9.17, 15) is 4.79 Å². The molecule has 2 N–H and O–H groups in total. The molecule has 1 saturated heterocycles. The van der Waals surface area contributed by atoms with Crippen molar-refractivity contribution in [2.45, 2.75) is 19.9 Å². The van der Waals surface area contributed by atoms with Crippen LogP contribution in [-0.2, 0) is 0 Å². The normalized spacial score (nSPS) is 17.5. The number of nitrogens with zero attached hydrogens (tertiary/aromatic N) is 1. The zero-order chi connectivity index (χ0) is 8.27. The van der Waals surface area contributed by atoms with Crippen molar-refractivity contribution < 1.29 is 4.79 Å². The van der Waals surface area contributed by atoms with E-state index < -0.39 is 0 Å². The summed E-state index contributed by atoms with van der Waals surface area (Å²) >= 11 is 0. The number of rotatable bonds is 1. The molecule has 0 radical (unpaired) electrons. The fourth-order valence-corrected chi connectivity index (χ4v) is 1.02. The van der Waals surface area contributed by atoms with Gasteiger partial charge in [-0.25, -0.2) is 4.79 Å². The number of hydrogen-bond donors (Lipinski definition) is 2. The zero-order valence-corrected chi connectivity index (χ0v) is 7.05. The molecule has 2 amide bonds. The summed E-state index contributed by atoms with van der Waals surface area (Å²) in [5, 5.41) is 5.92. The lowest BCUT2D eigenvalue weighted by Gasteiger charge is -2.17. The Labute approximate surface area is 66.9 Å². The third-order valence-electron chi connectivity index (χ3n) is 1.56. The van der Waals surface area contributed by atoms with Gasteiger partial charge in [0.2, 0.25) is 0 Å². The first kappa shape index (κ1) is 8.33. The topological polar surface area (TPSA) is 44.4 Å². The van der Waals surface area contributed by atoms with E-state index in [1.807, 2.05) is 13.8 Å². The molecule has 0 spiro atoms. The highest BCUT2D eigenvalue weighted by molar-refractivity contribution is 5.74. The molecule has 1 rings (SSSR count). The fraction of sp³-hybridized carbons (Fsp3) is 0.857. The third kappa shape index (κ3) is 2.38. The smallest absolute Gasteiger partial charge is 0.318 e. The van der Waals surface area contributed by atoms with Crippen LogP contribution in [0.15, 0.2) is 0 Å². The Balaban J connectivity index is 2.28. The Bertz CT molecular complexity index is 141. The molecular formula is C7H15N3O. The van der Waals surface area contributed by atoms with Crippen LogP contribution in [0.4, 0.5) is 4.79 Å². The van der Waals surface area contributed by atoms with E-state index in [1.54, 1.807) is 4.90 Å². The minimum atomic E-state index is 0.0324. The van der Waals surface area contributed by atoms with Crippen molar-refractivity contribution in [3.63, 3.8) is 0 Å². The average molecular weight is 157 g/mol. The molecule has 0 aromatic rings. The SMILES string of the molecule is CC(C)NC(=O)N1CCNC1. The minimum absolute atomic E-state index is 0.0324. The molecule has 4 nitrogen and oxygen atoms in total. The molecule has 0 atom stereocenters. The Kier molecular flexibility index (Phi) is 2.70. The van der Waals surface area contributed by atoms with Gasteiger partial charge in [0.1, 0.15) is 0 Å². The second-order valence-corrected chi connectivity index (χ2v) is 3.03. The molecule has 0 aliphatic carbocycles. The van der Waals surface area contributed by atoms with Crippen molar-refractivity contribution in [3.05, 3.63) is 0 Å². The highest BCUT2D eigenvalue weighted by Crippen LogP contribution is 1.93. The van der Waals surface area contributed by atoms with Gasteiger partial charge in [0, 0.05) is 19.1 Å². The molecule has 0 saturated carbocycles. The van der Waals surface area contributed by atoms with Crippen LogP contribution in [0.3, 0.4) is 0 Å². The number of nitrogens with one attached hydrogen (secondary N) is 2. The molecule has 1 fully saturated rings. The van der Waals surface area contributed by atoms with Crippen molar-refractivity contribution in [2.75, 3.05) is 19.8 Å². The van der Waals surface area contributed by atoms with Crippen molar-refractivity contribution >= 4 is 6.03 Å². The van der Waals surface area contributed by atoms with Gasteiger partial charge < -0.3 is 10.2 Å². The molecule has 0 bridgehead atoms. The van der Waals surface area contributed by atoms with Crippen LogP contribution in [0.2, 0.25) is 0 Å². The number of urea groups is 1. The number of hydrogen-bond acceptors (Lipinski definition) is 2. The summed E-state index contributed by atoms with van der Waals surface area (Å²) in [6, 6.07) is 0.258. The van der Waals surface area contributed by atoms with E-state index in [2.05, 4.69) is 10.6 Å². The van der Waals surface area contributed by atoms with Crippen LogP contribution < -0.4 is 10.6 Å². The van der Waals surface area contributed by atoms with E-state index in [-0.39, 0.29) is 12.1 Å². The monoisotopic (exact) mass is 157 g/mol. The van der Waals surface area contributed by atoms with Gasteiger partial charge in [-0.05, 0) is 13.8 Å². The van der Waals surface area contributed by atoms with E-state index >= 15 is 0 Å². The van der Waals surface area contributed by atoms with Gasteiger partial charge in [-0.2, -0.15) is 0 Å². The first-order valence-corrected chi connectivity index (χ1v) is 3.96. The average Bonchev–Trinajstić information content (AvgIpc) is 2.35. The third-order valence-corrected chi connectivity index (χ3v) is 1.56. The highest BCUT2D eigenvalue weighted by Gasteiger charge is 2.16. The van der Waals surface area contributed by atoms with Crippen LogP contribution in [0.5, 0.6) is 0 Å². The summed E-state index contributed by atoms with van der Waals surface area (Å²) in [5.41, 5.74) is 0. The van der Waals surface area contributed by atoms with Crippen LogP contribution >= 0.6 is 0 Å². The molecule has 0 unspecified atom stereocenters. The quantitative estimate of drug-likeness (QED) is 0.561. The first-order valence-electron chi connectivity index (χ1n) is 3.96. The summed E-state index contributed by atoms with van der Waals surface area (Å²) in [6.07, 6.45) is 0. The van der Waals surface area contributed by atoms with Gasteiger partial charge in [0.15, 0.2) is 0 Å². The van der Waals surface area contributed by atoms with Crippen molar-refractivity contribution in [1.82, 2.24) is 15.5 Å². The lowest BCUT2D eigenvalue weighted by Crippen LogP contribution is -2.42. The van der Waals surface area contributed by atoms with E-state index in [0.717, 1.165) is 13.1 Å². The number of carbonyl (C=O) groups is 1. The Morgan fingerprint density at radius 1 is 1.64 bits per heavy atom. The second-order valence-electron chi connectivity index (χ2n) is 3.03. The minimum Gasteiger partial charge on any atom is -0.336 e. The van der Waals surface area contributed by atoms with Gasteiger partial charge in [-0.15, -0.1) is 0 Å². The summed E-state index contributed by atoms with van der Waals surface area (Å²) in [5.74, 6) is 0. The van der Waals surface area contributed by atoms with Crippen LogP contribution in [0.25, 0.3) is 0 Å². The lowest BCUT2D eigenvalue weighted by molar-refractivity contribution is 0.206. The Morgan fingerprint density at radius 2 is 2.36 bits per heavy atom. The predicted octanol–water partition coefficient (Wildman–Crippen LogP) is -0.0329.